The maximum absolute atomic E-state index is 13.0. The zero-order valence-corrected chi connectivity index (χ0v) is 20.8. The van der Waals surface area contributed by atoms with E-state index in [1.54, 1.807) is 18.5 Å². The molecule has 0 unspecified atom stereocenters. The predicted octanol–water partition coefficient (Wildman–Crippen LogP) is 4.02. The van der Waals surface area contributed by atoms with E-state index in [0.29, 0.717) is 27.6 Å². The van der Waals surface area contributed by atoms with Crippen LogP contribution in [0.5, 0.6) is 0 Å². The summed E-state index contributed by atoms with van der Waals surface area (Å²) in [5, 5.41) is 10.5. The van der Waals surface area contributed by atoms with E-state index in [4.69, 9.17) is 0 Å². The van der Waals surface area contributed by atoms with Crippen LogP contribution in [0.1, 0.15) is 0 Å². The zero-order valence-electron chi connectivity index (χ0n) is 19.2. The van der Waals surface area contributed by atoms with Crippen molar-refractivity contribution in [3.8, 4) is 5.69 Å². The number of hydrogen-bond donors (Lipinski definition) is 2. The molecular formula is C25H25BrN8O. The minimum Gasteiger partial charge on any atom is -0.369 e. The minimum atomic E-state index is -0.279. The summed E-state index contributed by atoms with van der Waals surface area (Å²) in [5.41, 5.74) is 2.84. The molecule has 3 heterocycles. The lowest BCUT2D eigenvalue weighted by molar-refractivity contribution is 0.313. The first-order valence-corrected chi connectivity index (χ1v) is 12.1. The molecule has 35 heavy (non-hydrogen) atoms. The van der Waals surface area contributed by atoms with E-state index in [2.05, 4.69) is 70.6 Å². The molecule has 5 rings (SSSR count). The van der Waals surface area contributed by atoms with Gasteiger partial charge in [0, 0.05) is 43.8 Å². The van der Waals surface area contributed by atoms with Gasteiger partial charge in [0.1, 0.15) is 5.69 Å². The lowest BCUT2D eigenvalue weighted by Crippen LogP contribution is -2.44. The Kier molecular flexibility index (Phi) is 6.73. The van der Waals surface area contributed by atoms with Crippen LogP contribution < -0.4 is 21.1 Å². The molecule has 1 fully saturated rings. The van der Waals surface area contributed by atoms with Crippen molar-refractivity contribution in [2.45, 2.75) is 0 Å². The molecular weight excluding hydrogens is 508 g/mol. The van der Waals surface area contributed by atoms with E-state index in [1.807, 2.05) is 42.5 Å². The van der Waals surface area contributed by atoms with E-state index < -0.39 is 0 Å². The number of anilines is 5. The van der Waals surface area contributed by atoms with Gasteiger partial charge in [-0.15, -0.1) is 0 Å². The molecule has 0 saturated carbocycles. The molecule has 1 saturated heterocycles. The molecule has 178 valence electrons. The standard InChI is InChI=1S/C25H25BrN8O/c1-32-13-15-33(16-14-32)19-9-7-18(8-10-19)29-25-27-17-21(26)23(31-25)30-22-11-12-28-34(24(22)35)20-5-3-2-4-6-20/h2-12,17H,13-16H2,1H3,(H2,27,29,30,31). The number of nitrogens with one attached hydrogen (secondary N) is 2. The van der Waals surface area contributed by atoms with Crippen molar-refractivity contribution in [2.75, 3.05) is 48.8 Å². The van der Waals surface area contributed by atoms with Crippen LogP contribution in [-0.4, -0.2) is 57.9 Å². The Hall–Kier alpha value is -3.76. The van der Waals surface area contributed by atoms with Crippen LogP contribution in [0.2, 0.25) is 0 Å². The number of likely N-dealkylation sites (N-methyl/N-ethyl adjacent to an activating group) is 1. The molecule has 9 nitrogen and oxygen atoms in total. The second-order valence-corrected chi connectivity index (χ2v) is 9.13. The third kappa shape index (κ3) is 5.33. The molecule has 10 heteroatoms. The maximum Gasteiger partial charge on any atom is 0.295 e. The fourth-order valence-electron chi connectivity index (χ4n) is 3.85. The predicted molar refractivity (Wildman–Crippen MR) is 142 cm³/mol. The van der Waals surface area contributed by atoms with Crippen molar-refractivity contribution < 1.29 is 0 Å². The minimum absolute atomic E-state index is 0.279. The topological polar surface area (TPSA) is 91.2 Å². The van der Waals surface area contributed by atoms with Crippen LogP contribution in [0.4, 0.5) is 28.8 Å². The summed E-state index contributed by atoms with van der Waals surface area (Å²) >= 11 is 3.47. The Morgan fingerprint density at radius 2 is 1.63 bits per heavy atom. The largest absolute Gasteiger partial charge is 0.369 e. The summed E-state index contributed by atoms with van der Waals surface area (Å²) in [6, 6.07) is 19.2. The van der Waals surface area contributed by atoms with E-state index in [0.717, 1.165) is 31.9 Å². The summed E-state index contributed by atoms with van der Waals surface area (Å²) in [6.45, 7) is 4.18. The summed E-state index contributed by atoms with van der Waals surface area (Å²) in [6.07, 6.45) is 3.22. The SMILES string of the molecule is CN1CCN(c2ccc(Nc3ncc(Br)c(Nc4ccnn(-c5ccccc5)c4=O)n3)cc2)CC1. The smallest absolute Gasteiger partial charge is 0.295 e. The second kappa shape index (κ2) is 10.2. The molecule has 2 aromatic heterocycles. The van der Waals surface area contributed by atoms with Crippen molar-refractivity contribution in [2.24, 2.45) is 0 Å². The van der Waals surface area contributed by atoms with E-state index >= 15 is 0 Å². The van der Waals surface area contributed by atoms with Crippen LogP contribution >= 0.6 is 15.9 Å². The van der Waals surface area contributed by atoms with Crippen molar-refractivity contribution in [1.29, 1.82) is 0 Å². The van der Waals surface area contributed by atoms with Gasteiger partial charge in [0.25, 0.3) is 5.56 Å². The summed E-state index contributed by atoms with van der Waals surface area (Å²) in [4.78, 5) is 26.7. The van der Waals surface area contributed by atoms with Crippen LogP contribution in [0.3, 0.4) is 0 Å². The van der Waals surface area contributed by atoms with Gasteiger partial charge in [0.05, 0.1) is 16.4 Å². The first-order chi connectivity index (χ1) is 17.1. The van der Waals surface area contributed by atoms with Gasteiger partial charge in [-0.2, -0.15) is 14.8 Å². The van der Waals surface area contributed by atoms with Crippen molar-refractivity contribution >= 4 is 44.8 Å². The Morgan fingerprint density at radius 3 is 2.37 bits per heavy atom. The van der Waals surface area contributed by atoms with Gasteiger partial charge >= 0.3 is 0 Å². The first-order valence-electron chi connectivity index (χ1n) is 11.3. The number of aromatic nitrogens is 4. The molecule has 1 aliphatic rings. The van der Waals surface area contributed by atoms with Gasteiger partial charge in [0.15, 0.2) is 5.82 Å². The normalized spacial score (nSPS) is 14.1. The van der Waals surface area contributed by atoms with Crippen LogP contribution in [-0.2, 0) is 0 Å². The van der Waals surface area contributed by atoms with Gasteiger partial charge in [-0.25, -0.2) is 4.98 Å². The number of halogens is 1. The van der Waals surface area contributed by atoms with Crippen molar-refractivity contribution in [3.63, 3.8) is 0 Å². The fraction of sp³-hybridized carbons (Fsp3) is 0.200. The number of para-hydroxylation sites is 1. The highest BCUT2D eigenvalue weighted by molar-refractivity contribution is 9.10. The van der Waals surface area contributed by atoms with Gasteiger partial charge < -0.3 is 20.4 Å². The molecule has 2 aromatic carbocycles. The Morgan fingerprint density at radius 1 is 0.886 bits per heavy atom. The lowest BCUT2D eigenvalue weighted by Gasteiger charge is -2.34. The van der Waals surface area contributed by atoms with E-state index in [9.17, 15) is 4.79 Å². The van der Waals surface area contributed by atoms with Gasteiger partial charge in [-0.3, -0.25) is 4.79 Å². The average molecular weight is 533 g/mol. The monoisotopic (exact) mass is 532 g/mol. The highest BCUT2D eigenvalue weighted by Crippen LogP contribution is 2.25. The summed E-state index contributed by atoms with van der Waals surface area (Å²) in [5.74, 6) is 0.889. The number of hydrogen-bond acceptors (Lipinski definition) is 8. The molecule has 0 radical (unpaired) electrons. The molecule has 0 bridgehead atoms. The third-order valence-corrected chi connectivity index (χ3v) is 6.42. The Bertz CT molecular complexity index is 1350. The fourth-order valence-corrected chi connectivity index (χ4v) is 4.14. The molecule has 0 spiro atoms. The van der Waals surface area contributed by atoms with Gasteiger partial charge in [-0.05, 0) is 65.4 Å². The van der Waals surface area contributed by atoms with E-state index in [-0.39, 0.29) is 5.56 Å². The van der Waals surface area contributed by atoms with Crippen LogP contribution in [0.25, 0.3) is 5.69 Å². The Labute approximate surface area is 211 Å². The molecule has 0 atom stereocenters. The number of piperazine rings is 1. The summed E-state index contributed by atoms with van der Waals surface area (Å²) < 4.78 is 1.98. The highest BCUT2D eigenvalue weighted by atomic mass is 79.9. The van der Waals surface area contributed by atoms with E-state index in [1.165, 1.54) is 10.4 Å². The lowest BCUT2D eigenvalue weighted by atomic mass is 10.2. The van der Waals surface area contributed by atoms with Crippen molar-refractivity contribution in [3.05, 3.63) is 87.9 Å². The number of nitrogens with zero attached hydrogens (tertiary/aromatic N) is 6. The zero-order chi connectivity index (χ0) is 24.2. The van der Waals surface area contributed by atoms with Gasteiger partial charge in [0.2, 0.25) is 5.95 Å². The van der Waals surface area contributed by atoms with Crippen molar-refractivity contribution in [1.82, 2.24) is 24.6 Å². The average Bonchev–Trinajstić information content (AvgIpc) is 2.89. The molecule has 4 aromatic rings. The highest BCUT2D eigenvalue weighted by Gasteiger charge is 2.14. The number of rotatable bonds is 6. The van der Waals surface area contributed by atoms with Gasteiger partial charge in [-0.1, -0.05) is 18.2 Å². The summed E-state index contributed by atoms with van der Waals surface area (Å²) in [7, 11) is 2.15. The first kappa shape index (κ1) is 23.0. The molecule has 1 aliphatic heterocycles. The Balaban J connectivity index is 1.32. The quantitative estimate of drug-likeness (QED) is 0.384. The van der Waals surface area contributed by atoms with Crippen LogP contribution in [0.15, 0.2) is 82.3 Å². The molecule has 0 amide bonds. The van der Waals surface area contributed by atoms with Crippen LogP contribution in [0, 0.1) is 0 Å². The third-order valence-electron chi connectivity index (χ3n) is 5.84. The molecule has 0 aliphatic carbocycles. The number of benzene rings is 2. The molecule has 2 N–H and O–H groups in total. The second-order valence-electron chi connectivity index (χ2n) is 8.27. The maximum atomic E-state index is 13.0.